The molecular formula is C18H18FNO3S. The molecule has 2 rings (SSSR count). The first kappa shape index (κ1) is 18.0. The van der Waals surface area contributed by atoms with Crippen LogP contribution in [0.1, 0.15) is 29.3 Å². The van der Waals surface area contributed by atoms with E-state index < -0.39 is 15.8 Å². The number of rotatable bonds is 7. The summed E-state index contributed by atoms with van der Waals surface area (Å²) >= 11 is 0. The van der Waals surface area contributed by atoms with Gasteiger partial charge in [0.2, 0.25) is 10.0 Å². The summed E-state index contributed by atoms with van der Waals surface area (Å²) in [4.78, 5) is 12.2. The molecule has 0 fully saturated rings. The highest BCUT2D eigenvalue weighted by Crippen LogP contribution is 2.13. The van der Waals surface area contributed by atoms with Crippen LogP contribution < -0.4 is 4.72 Å². The van der Waals surface area contributed by atoms with Crippen LogP contribution in [0, 0.1) is 5.82 Å². The van der Waals surface area contributed by atoms with Crippen LogP contribution in [0.2, 0.25) is 0 Å². The lowest BCUT2D eigenvalue weighted by atomic mass is 10.1. The third-order valence-electron chi connectivity index (χ3n) is 3.31. The largest absolute Gasteiger partial charge is 0.289 e. The van der Waals surface area contributed by atoms with Gasteiger partial charge in [-0.1, -0.05) is 25.1 Å². The summed E-state index contributed by atoms with van der Waals surface area (Å²) in [6.45, 7) is 2.22. The number of hydrogen-bond acceptors (Lipinski definition) is 3. The van der Waals surface area contributed by atoms with Gasteiger partial charge in [-0.05, 0) is 48.9 Å². The number of nitrogens with one attached hydrogen (secondary N) is 1. The van der Waals surface area contributed by atoms with Crippen molar-refractivity contribution in [3.05, 3.63) is 71.6 Å². The van der Waals surface area contributed by atoms with Crippen molar-refractivity contribution in [1.29, 1.82) is 0 Å². The highest BCUT2D eigenvalue weighted by Gasteiger charge is 2.13. The van der Waals surface area contributed by atoms with E-state index in [1.807, 2.05) is 6.92 Å². The van der Waals surface area contributed by atoms with E-state index in [0.717, 1.165) is 0 Å². The van der Waals surface area contributed by atoms with Gasteiger partial charge >= 0.3 is 0 Å². The molecule has 0 spiro atoms. The number of benzene rings is 2. The van der Waals surface area contributed by atoms with Crippen molar-refractivity contribution in [3.8, 4) is 0 Å². The molecule has 0 saturated carbocycles. The number of hydrogen-bond donors (Lipinski definition) is 1. The molecule has 0 aliphatic carbocycles. The maximum atomic E-state index is 13.5. The average Bonchev–Trinajstić information content (AvgIpc) is 2.59. The molecule has 0 aliphatic rings. The highest BCUT2D eigenvalue weighted by atomic mass is 32.2. The first-order valence-electron chi connectivity index (χ1n) is 7.50. The minimum atomic E-state index is -3.55. The summed E-state index contributed by atoms with van der Waals surface area (Å²) < 4.78 is 39.9. The first-order chi connectivity index (χ1) is 11.4. The predicted octanol–water partition coefficient (Wildman–Crippen LogP) is 3.41. The van der Waals surface area contributed by atoms with Crippen molar-refractivity contribution in [1.82, 2.24) is 4.72 Å². The zero-order chi connectivity index (χ0) is 17.6. The Hall–Kier alpha value is -2.31. The lowest BCUT2D eigenvalue weighted by Crippen LogP contribution is -2.24. The summed E-state index contributed by atoms with van der Waals surface area (Å²) in [7, 11) is -3.55. The maximum Gasteiger partial charge on any atom is 0.240 e. The topological polar surface area (TPSA) is 63.2 Å². The third kappa shape index (κ3) is 4.59. The maximum absolute atomic E-state index is 13.5. The molecule has 0 unspecified atom stereocenters. The van der Waals surface area contributed by atoms with Gasteiger partial charge in [0.05, 0.1) is 4.90 Å². The van der Waals surface area contributed by atoms with E-state index in [4.69, 9.17) is 0 Å². The lowest BCUT2D eigenvalue weighted by Gasteiger charge is -2.05. The predicted molar refractivity (Wildman–Crippen MR) is 91.7 cm³/mol. The molecule has 6 heteroatoms. The molecular weight excluding hydrogens is 329 g/mol. The Balaban J connectivity index is 2.13. The summed E-state index contributed by atoms with van der Waals surface area (Å²) in [5.41, 5.74) is 0.644. The van der Waals surface area contributed by atoms with Crippen molar-refractivity contribution in [2.75, 3.05) is 6.54 Å². The summed E-state index contributed by atoms with van der Waals surface area (Å²) in [5, 5.41) is 0. The molecule has 0 aromatic heterocycles. The van der Waals surface area contributed by atoms with Gasteiger partial charge in [-0.15, -0.1) is 0 Å². The Kier molecular flexibility index (Phi) is 6.00. The number of sulfonamides is 1. The second-order valence-corrected chi connectivity index (χ2v) is 6.91. The van der Waals surface area contributed by atoms with Crippen molar-refractivity contribution in [2.45, 2.75) is 18.2 Å². The highest BCUT2D eigenvalue weighted by molar-refractivity contribution is 7.89. The van der Waals surface area contributed by atoms with Crippen LogP contribution in [0.3, 0.4) is 0 Å². The Bertz CT molecular complexity index is 843. The lowest BCUT2D eigenvalue weighted by molar-refractivity contribution is 0.104. The minimum absolute atomic E-state index is 0.102. The fourth-order valence-electron chi connectivity index (χ4n) is 1.99. The molecule has 4 nitrogen and oxygen atoms in total. The summed E-state index contributed by atoms with van der Waals surface area (Å²) in [6, 6.07) is 11.8. The van der Waals surface area contributed by atoms with E-state index in [1.165, 1.54) is 42.5 Å². The van der Waals surface area contributed by atoms with E-state index in [1.54, 1.807) is 18.2 Å². The van der Waals surface area contributed by atoms with Crippen molar-refractivity contribution in [2.24, 2.45) is 0 Å². The van der Waals surface area contributed by atoms with Crippen LogP contribution >= 0.6 is 0 Å². The number of ketones is 1. The fraction of sp³-hybridized carbons (Fsp3) is 0.167. The molecule has 24 heavy (non-hydrogen) atoms. The Morgan fingerprint density at radius 3 is 2.42 bits per heavy atom. The second-order valence-electron chi connectivity index (χ2n) is 5.14. The molecule has 0 amide bonds. The number of halogens is 1. The summed E-state index contributed by atoms with van der Waals surface area (Å²) in [6.07, 6.45) is 3.35. The van der Waals surface area contributed by atoms with Crippen molar-refractivity contribution < 1.29 is 17.6 Å². The van der Waals surface area contributed by atoms with Crippen LogP contribution in [0.15, 0.2) is 59.5 Å². The average molecular weight is 347 g/mol. The van der Waals surface area contributed by atoms with Crippen LogP contribution in [0.25, 0.3) is 6.08 Å². The Morgan fingerprint density at radius 1 is 1.12 bits per heavy atom. The number of allylic oxidation sites excluding steroid dienone is 1. The Labute approximate surface area is 141 Å². The minimum Gasteiger partial charge on any atom is -0.289 e. The van der Waals surface area contributed by atoms with Crippen LogP contribution in [-0.2, 0) is 10.0 Å². The summed E-state index contributed by atoms with van der Waals surface area (Å²) in [5.74, 6) is -0.742. The molecule has 0 radical (unpaired) electrons. The van der Waals surface area contributed by atoms with Crippen LogP contribution in [0.4, 0.5) is 4.39 Å². The molecule has 0 bridgehead atoms. The van der Waals surface area contributed by atoms with Gasteiger partial charge in [0.15, 0.2) is 5.78 Å². The van der Waals surface area contributed by atoms with Gasteiger partial charge in [-0.25, -0.2) is 17.5 Å². The van der Waals surface area contributed by atoms with Gasteiger partial charge in [-0.2, -0.15) is 0 Å². The van der Waals surface area contributed by atoms with Gasteiger partial charge < -0.3 is 0 Å². The van der Waals surface area contributed by atoms with E-state index in [2.05, 4.69) is 4.72 Å². The number of carbonyl (C=O) groups excluding carboxylic acids is 1. The van der Waals surface area contributed by atoms with Gasteiger partial charge in [0.1, 0.15) is 5.82 Å². The van der Waals surface area contributed by atoms with E-state index in [-0.39, 0.29) is 10.7 Å². The zero-order valence-electron chi connectivity index (χ0n) is 13.2. The first-order valence-corrected chi connectivity index (χ1v) is 8.99. The quantitative estimate of drug-likeness (QED) is 0.617. The zero-order valence-corrected chi connectivity index (χ0v) is 14.0. The molecule has 0 aliphatic heterocycles. The van der Waals surface area contributed by atoms with Gasteiger partial charge in [0, 0.05) is 17.7 Å². The molecule has 1 N–H and O–H groups in total. The van der Waals surface area contributed by atoms with Gasteiger partial charge in [-0.3, -0.25) is 4.79 Å². The van der Waals surface area contributed by atoms with Crippen molar-refractivity contribution >= 4 is 21.9 Å². The molecule has 0 saturated heterocycles. The SMILES string of the molecule is CCCNS(=O)(=O)c1ccc(C(=O)/C=C/c2ccccc2F)cc1. The fourth-order valence-corrected chi connectivity index (χ4v) is 3.12. The molecule has 2 aromatic carbocycles. The van der Waals surface area contributed by atoms with Crippen LogP contribution in [-0.4, -0.2) is 20.7 Å². The molecule has 0 atom stereocenters. The second kappa shape index (κ2) is 7.99. The number of carbonyl (C=O) groups is 1. The molecule has 126 valence electrons. The standard InChI is InChI=1S/C18H18FNO3S/c1-2-13-20-24(22,23)16-10-7-15(8-11-16)18(21)12-9-14-5-3-4-6-17(14)19/h3-12,20H,2,13H2,1H3/b12-9+. The third-order valence-corrected chi connectivity index (χ3v) is 4.79. The van der Waals surface area contributed by atoms with Crippen molar-refractivity contribution in [3.63, 3.8) is 0 Å². The Morgan fingerprint density at radius 2 is 1.79 bits per heavy atom. The monoisotopic (exact) mass is 347 g/mol. The smallest absolute Gasteiger partial charge is 0.240 e. The molecule has 2 aromatic rings. The van der Waals surface area contributed by atoms with E-state index in [9.17, 15) is 17.6 Å². The van der Waals surface area contributed by atoms with Crippen LogP contribution in [0.5, 0.6) is 0 Å². The van der Waals surface area contributed by atoms with Gasteiger partial charge in [0.25, 0.3) is 0 Å². The molecule has 0 heterocycles. The van der Waals surface area contributed by atoms with E-state index in [0.29, 0.717) is 24.1 Å². The normalized spacial score (nSPS) is 11.8. The van der Waals surface area contributed by atoms with E-state index >= 15 is 0 Å².